The highest BCUT2D eigenvalue weighted by atomic mass is 16.4. The van der Waals surface area contributed by atoms with Crippen molar-refractivity contribution in [2.75, 3.05) is 6.54 Å². The molecule has 2 aliphatic rings. The number of amides is 2. The average molecular weight is 256 g/mol. The average Bonchev–Trinajstić information content (AvgIpc) is 3.16. The van der Waals surface area contributed by atoms with Crippen molar-refractivity contribution in [2.24, 2.45) is 11.8 Å². The molecule has 0 heterocycles. The Morgan fingerprint density at radius 2 is 1.78 bits per heavy atom. The third kappa shape index (κ3) is 3.35. The first kappa shape index (κ1) is 13.1. The first-order valence-electron chi connectivity index (χ1n) is 6.40. The molecule has 0 spiro atoms. The summed E-state index contributed by atoms with van der Waals surface area (Å²) in [6.07, 6.45) is 4.64. The summed E-state index contributed by atoms with van der Waals surface area (Å²) in [5, 5.41) is 23.5. The lowest BCUT2D eigenvalue weighted by atomic mass is 10.1. The Bertz CT molecular complexity index is 336. The number of carboxylic acids is 1. The van der Waals surface area contributed by atoms with E-state index in [2.05, 4.69) is 10.6 Å². The van der Waals surface area contributed by atoms with Crippen LogP contribution in [0.2, 0.25) is 0 Å². The predicted octanol–water partition coefficient (Wildman–Crippen LogP) is 0.310. The lowest BCUT2D eigenvalue weighted by molar-refractivity contribution is -0.155. The van der Waals surface area contributed by atoms with Crippen LogP contribution in [0.15, 0.2) is 0 Å². The molecule has 102 valence electrons. The molecule has 0 aromatic rings. The number of carboxylic acid groups (broad SMARTS) is 1. The van der Waals surface area contributed by atoms with E-state index in [0.717, 1.165) is 32.6 Å². The quantitative estimate of drug-likeness (QED) is 0.549. The van der Waals surface area contributed by atoms with Crippen LogP contribution in [0.5, 0.6) is 0 Å². The molecule has 0 radical (unpaired) electrons. The minimum atomic E-state index is -1.92. The maximum absolute atomic E-state index is 11.7. The second kappa shape index (κ2) is 4.76. The largest absolute Gasteiger partial charge is 0.479 e. The van der Waals surface area contributed by atoms with Crippen LogP contribution in [0.25, 0.3) is 0 Å². The van der Waals surface area contributed by atoms with Crippen LogP contribution in [0.4, 0.5) is 4.79 Å². The minimum absolute atomic E-state index is 0.222. The molecule has 0 aromatic carbocycles. The Morgan fingerprint density at radius 1 is 1.28 bits per heavy atom. The number of aliphatic carboxylic acids is 1. The zero-order valence-corrected chi connectivity index (χ0v) is 10.5. The van der Waals surface area contributed by atoms with Crippen LogP contribution >= 0.6 is 0 Å². The highest BCUT2D eigenvalue weighted by Gasteiger charge is 2.42. The molecule has 0 bridgehead atoms. The SMILES string of the molecule is CC(O)(CNC(=O)NC(C1CC1)C1CC1)C(=O)O. The predicted molar refractivity (Wildman–Crippen MR) is 64.0 cm³/mol. The molecular weight excluding hydrogens is 236 g/mol. The normalized spacial score (nSPS) is 22.4. The van der Waals surface area contributed by atoms with E-state index in [0.29, 0.717) is 11.8 Å². The Balaban J connectivity index is 1.76. The van der Waals surface area contributed by atoms with E-state index in [-0.39, 0.29) is 18.6 Å². The summed E-state index contributed by atoms with van der Waals surface area (Å²) in [5.74, 6) is -0.171. The maximum Gasteiger partial charge on any atom is 0.337 e. The molecule has 1 unspecified atom stereocenters. The molecule has 4 N–H and O–H groups in total. The summed E-state index contributed by atoms with van der Waals surface area (Å²) in [6.45, 7) is 0.866. The van der Waals surface area contributed by atoms with E-state index in [1.165, 1.54) is 0 Å². The van der Waals surface area contributed by atoms with E-state index < -0.39 is 11.6 Å². The Morgan fingerprint density at radius 3 is 2.17 bits per heavy atom. The van der Waals surface area contributed by atoms with E-state index in [1.807, 2.05) is 0 Å². The number of urea groups is 1. The maximum atomic E-state index is 11.7. The number of hydrogen-bond donors (Lipinski definition) is 4. The van der Waals surface area contributed by atoms with Crippen LogP contribution in [0.1, 0.15) is 32.6 Å². The van der Waals surface area contributed by atoms with Crippen molar-refractivity contribution < 1.29 is 19.8 Å². The Labute approximate surface area is 106 Å². The number of rotatable bonds is 6. The summed E-state index contributed by atoms with van der Waals surface area (Å²) in [6, 6.07) is -0.167. The summed E-state index contributed by atoms with van der Waals surface area (Å²) >= 11 is 0. The molecule has 2 aliphatic carbocycles. The van der Waals surface area contributed by atoms with Gasteiger partial charge in [0.2, 0.25) is 0 Å². The standard InChI is InChI=1S/C12H20N2O4/c1-12(18,10(15)16)6-13-11(17)14-9(7-2-3-7)8-4-5-8/h7-9,18H,2-6H2,1H3,(H,15,16)(H2,13,14,17). The molecule has 2 rings (SSSR count). The van der Waals surface area contributed by atoms with Gasteiger partial charge in [-0.05, 0) is 44.4 Å². The van der Waals surface area contributed by atoms with E-state index in [1.54, 1.807) is 0 Å². The summed E-state index contributed by atoms with van der Waals surface area (Å²) in [4.78, 5) is 22.3. The van der Waals surface area contributed by atoms with Gasteiger partial charge in [-0.2, -0.15) is 0 Å². The Hall–Kier alpha value is -1.30. The van der Waals surface area contributed by atoms with Crippen LogP contribution in [-0.4, -0.2) is 40.4 Å². The molecule has 0 saturated heterocycles. The monoisotopic (exact) mass is 256 g/mol. The number of carbonyl (C=O) groups excluding carboxylic acids is 1. The number of aliphatic hydroxyl groups is 1. The molecule has 1 atom stereocenters. The summed E-state index contributed by atoms with van der Waals surface area (Å²) < 4.78 is 0. The fourth-order valence-corrected chi connectivity index (χ4v) is 2.06. The molecule has 2 fully saturated rings. The van der Waals surface area contributed by atoms with E-state index in [9.17, 15) is 14.7 Å². The highest BCUT2D eigenvalue weighted by molar-refractivity contribution is 5.79. The van der Waals surface area contributed by atoms with Gasteiger partial charge in [0.25, 0.3) is 0 Å². The summed E-state index contributed by atoms with van der Waals surface area (Å²) in [7, 11) is 0. The van der Waals surface area contributed by atoms with Crippen LogP contribution in [0.3, 0.4) is 0 Å². The number of hydrogen-bond acceptors (Lipinski definition) is 3. The van der Waals surface area contributed by atoms with Gasteiger partial charge >= 0.3 is 12.0 Å². The van der Waals surface area contributed by atoms with Gasteiger partial charge in [0, 0.05) is 6.04 Å². The molecule has 18 heavy (non-hydrogen) atoms. The minimum Gasteiger partial charge on any atom is -0.479 e. The van der Waals surface area contributed by atoms with Crippen molar-refractivity contribution in [3.63, 3.8) is 0 Å². The fraction of sp³-hybridized carbons (Fsp3) is 0.833. The van der Waals surface area contributed by atoms with Gasteiger partial charge in [0.15, 0.2) is 5.60 Å². The van der Waals surface area contributed by atoms with E-state index in [4.69, 9.17) is 5.11 Å². The van der Waals surface area contributed by atoms with Crippen molar-refractivity contribution in [2.45, 2.75) is 44.2 Å². The topological polar surface area (TPSA) is 98.7 Å². The second-order valence-electron chi connectivity index (χ2n) is 5.61. The molecule has 6 heteroatoms. The first-order valence-corrected chi connectivity index (χ1v) is 6.40. The smallest absolute Gasteiger partial charge is 0.337 e. The fourth-order valence-electron chi connectivity index (χ4n) is 2.06. The van der Waals surface area contributed by atoms with Gasteiger partial charge in [-0.3, -0.25) is 0 Å². The van der Waals surface area contributed by atoms with Crippen LogP contribution in [-0.2, 0) is 4.79 Å². The van der Waals surface area contributed by atoms with Crippen LogP contribution in [0, 0.1) is 11.8 Å². The van der Waals surface area contributed by atoms with E-state index >= 15 is 0 Å². The first-order chi connectivity index (χ1) is 8.40. The van der Waals surface area contributed by atoms with Gasteiger partial charge in [0.1, 0.15) is 0 Å². The molecule has 0 aromatic heterocycles. The van der Waals surface area contributed by atoms with Crippen molar-refractivity contribution in [1.82, 2.24) is 10.6 Å². The Kier molecular flexibility index (Phi) is 3.47. The molecule has 6 nitrogen and oxygen atoms in total. The van der Waals surface area contributed by atoms with Crippen molar-refractivity contribution >= 4 is 12.0 Å². The van der Waals surface area contributed by atoms with Gasteiger partial charge in [-0.15, -0.1) is 0 Å². The van der Waals surface area contributed by atoms with Gasteiger partial charge in [0.05, 0.1) is 6.54 Å². The lowest BCUT2D eigenvalue weighted by Gasteiger charge is -2.21. The number of carbonyl (C=O) groups is 2. The zero-order chi connectivity index (χ0) is 13.3. The zero-order valence-electron chi connectivity index (χ0n) is 10.5. The second-order valence-corrected chi connectivity index (χ2v) is 5.61. The molecule has 2 saturated carbocycles. The third-order valence-electron chi connectivity index (χ3n) is 3.61. The van der Waals surface area contributed by atoms with Gasteiger partial charge < -0.3 is 20.8 Å². The van der Waals surface area contributed by atoms with Crippen LogP contribution < -0.4 is 10.6 Å². The highest BCUT2D eigenvalue weighted by Crippen LogP contribution is 2.44. The number of nitrogens with one attached hydrogen (secondary N) is 2. The van der Waals surface area contributed by atoms with Crippen molar-refractivity contribution in [1.29, 1.82) is 0 Å². The lowest BCUT2D eigenvalue weighted by Crippen LogP contribution is -2.51. The summed E-state index contributed by atoms with van der Waals surface area (Å²) in [5.41, 5.74) is -1.92. The third-order valence-corrected chi connectivity index (χ3v) is 3.61. The van der Waals surface area contributed by atoms with Gasteiger partial charge in [-0.25, -0.2) is 9.59 Å². The van der Waals surface area contributed by atoms with Gasteiger partial charge in [-0.1, -0.05) is 0 Å². The molecule has 2 amide bonds. The van der Waals surface area contributed by atoms with Crippen molar-refractivity contribution in [3.05, 3.63) is 0 Å². The van der Waals surface area contributed by atoms with Crippen molar-refractivity contribution in [3.8, 4) is 0 Å². The molecular formula is C12H20N2O4. The molecule has 0 aliphatic heterocycles.